The van der Waals surface area contributed by atoms with Gasteiger partial charge in [0.05, 0.1) is 23.6 Å². The van der Waals surface area contributed by atoms with E-state index >= 15 is 4.39 Å². The molecular formula is C27H29Cl2F2N3O4. The topological polar surface area (TPSA) is 125 Å². The Bertz CT molecular complexity index is 1260. The molecule has 2 aromatic carbocycles. The summed E-state index contributed by atoms with van der Waals surface area (Å²) in [5.41, 5.74) is 3.03. The van der Waals surface area contributed by atoms with Crippen LogP contribution in [0.1, 0.15) is 50.7 Å². The van der Waals surface area contributed by atoms with Crippen molar-refractivity contribution in [3.05, 3.63) is 69.2 Å². The van der Waals surface area contributed by atoms with Crippen LogP contribution in [0.3, 0.4) is 0 Å². The van der Waals surface area contributed by atoms with Gasteiger partial charge in [0.15, 0.2) is 0 Å². The number of esters is 1. The van der Waals surface area contributed by atoms with Gasteiger partial charge in [-0.25, -0.2) is 8.78 Å². The highest BCUT2D eigenvalue weighted by atomic mass is 35.5. The van der Waals surface area contributed by atoms with Crippen LogP contribution in [0.25, 0.3) is 0 Å². The quantitative estimate of drug-likeness (QED) is 0.321. The molecule has 0 saturated carbocycles. The van der Waals surface area contributed by atoms with E-state index in [4.69, 9.17) is 33.7 Å². The van der Waals surface area contributed by atoms with Gasteiger partial charge in [0.2, 0.25) is 5.91 Å². The largest absolute Gasteiger partial charge is 0.462 e. The lowest BCUT2D eigenvalue weighted by molar-refractivity contribution is -0.150. The number of aliphatic hydroxyl groups is 1. The van der Waals surface area contributed by atoms with Crippen LogP contribution in [-0.2, 0) is 19.7 Å². The monoisotopic (exact) mass is 567 g/mol. The van der Waals surface area contributed by atoms with Crippen LogP contribution in [-0.4, -0.2) is 41.8 Å². The Morgan fingerprint density at radius 3 is 2.50 bits per heavy atom. The van der Waals surface area contributed by atoms with Crippen molar-refractivity contribution in [2.45, 2.75) is 63.1 Å². The highest BCUT2D eigenvalue weighted by molar-refractivity contribution is 6.31. The molecule has 0 aromatic heterocycles. The third-order valence-electron chi connectivity index (χ3n) is 6.53. The molecular weight excluding hydrogens is 539 g/mol. The number of nitrogens with two attached hydrogens (primary N) is 1. The normalized spacial score (nSPS) is 24.0. The molecule has 1 aliphatic rings. The van der Waals surface area contributed by atoms with E-state index in [1.807, 2.05) is 20.8 Å². The van der Waals surface area contributed by atoms with Gasteiger partial charge in [0.1, 0.15) is 29.7 Å². The Balaban J connectivity index is 2.22. The first-order valence-corrected chi connectivity index (χ1v) is 12.7. The first-order chi connectivity index (χ1) is 17.7. The van der Waals surface area contributed by atoms with Crippen LogP contribution in [0.2, 0.25) is 10.0 Å². The van der Waals surface area contributed by atoms with Crippen LogP contribution >= 0.6 is 23.2 Å². The number of aliphatic hydroxyl groups excluding tert-OH is 1. The third kappa shape index (κ3) is 6.26. The van der Waals surface area contributed by atoms with Gasteiger partial charge in [-0.1, -0.05) is 56.1 Å². The summed E-state index contributed by atoms with van der Waals surface area (Å²) in [5, 5.41) is 23.7. The molecule has 7 nitrogen and oxygen atoms in total. The second-order valence-electron chi connectivity index (χ2n) is 10.7. The number of rotatable bonds is 8. The van der Waals surface area contributed by atoms with Crippen molar-refractivity contribution in [3.63, 3.8) is 0 Å². The number of nitrogens with one attached hydrogen (secondary N) is 1. The predicted octanol–water partition coefficient (Wildman–Crippen LogP) is 4.37. The minimum Gasteiger partial charge on any atom is -0.462 e. The van der Waals surface area contributed by atoms with E-state index in [0.717, 1.165) is 12.1 Å². The number of nitriles is 1. The number of carbonyl (C=O) groups excluding carboxylic acids is 2. The zero-order valence-electron chi connectivity index (χ0n) is 21.1. The summed E-state index contributed by atoms with van der Waals surface area (Å²) in [4.78, 5) is 24.5. The molecule has 38 heavy (non-hydrogen) atoms. The number of ether oxygens (including phenoxy) is 1. The van der Waals surface area contributed by atoms with Crippen molar-refractivity contribution >= 4 is 35.1 Å². The molecule has 1 aliphatic heterocycles. The van der Waals surface area contributed by atoms with Crippen molar-refractivity contribution < 1.29 is 28.2 Å². The molecule has 4 N–H and O–H groups in total. The smallest absolute Gasteiger partial charge is 0.323 e. The zero-order valence-corrected chi connectivity index (χ0v) is 22.6. The highest BCUT2D eigenvalue weighted by Gasteiger charge is 2.61. The molecule has 1 saturated heterocycles. The van der Waals surface area contributed by atoms with E-state index in [1.165, 1.54) is 0 Å². The van der Waals surface area contributed by atoms with E-state index in [1.54, 1.807) is 24.3 Å². The minimum absolute atomic E-state index is 0.266. The molecule has 0 radical (unpaired) electrons. The zero-order chi connectivity index (χ0) is 28.4. The van der Waals surface area contributed by atoms with E-state index < -0.39 is 76.5 Å². The molecule has 0 aliphatic carbocycles. The summed E-state index contributed by atoms with van der Waals surface area (Å²) in [6.07, 6.45) is -1.47. The van der Waals surface area contributed by atoms with Gasteiger partial charge >= 0.3 is 5.97 Å². The van der Waals surface area contributed by atoms with E-state index in [2.05, 4.69) is 11.4 Å². The molecule has 1 amide bonds. The maximum Gasteiger partial charge on any atom is 0.323 e. The van der Waals surface area contributed by atoms with Gasteiger partial charge in [-0.3, -0.25) is 14.9 Å². The van der Waals surface area contributed by atoms with Crippen molar-refractivity contribution in [2.24, 2.45) is 11.1 Å². The Labute approximate surface area is 229 Å². The van der Waals surface area contributed by atoms with Crippen LogP contribution in [0, 0.1) is 28.4 Å². The van der Waals surface area contributed by atoms with E-state index in [9.17, 15) is 24.3 Å². The Kier molecular flexibility index (Phi) is 9.04. The number of nitrogens with zero attached hydrogens (tertiary/aromatic N) is 1. The first-order valence-electron chi connectivity index (χ1n) is 11.9. The molecule has 1 fully saturated rings. The average Bonchev–Trinajstić information content (AvgIpc) is 3.12. The molecule has 0 unspecified atom stereocenters. The van der Waals surface area contributed by atoms with Gasteiger partial charge in [-0.15, -0.1) is 0 Å². The third-order valence-corrected chi connectivity index (χ3v) is 7.05. The summed E-state index contributed by atoms with van der Waals surface area (Å²) in [5.74, 6) is -4.55. The van der Waals surface area contributed by atoms with E-state index in [0.29, 0.717) is 10.6 Å². The number of halogens is 4. The molecule has 3 rings (SSSR count). The number of hydrogen-bond acceptors (Lipinski definition) is 6. The van der Waals surface area contributed by atoms with Crippen molar-refractivity contribution in [3.8, 4) is 6.07 Å². The first kappa shape index (κ1) is 29.8. The fourth-order valence-corrected chi connectivity index (χ4v) is 5.43. The number of carbonyl (C=O) groups is 2. The fraction of sp³-hybridized carbons (Fsp3) is 0.444. The lowest BCUT2D eigenvalue weighted by Gasteiger charge is -2.37. The van der Waals surface area contributed by atoms with Crippen LogP contribution in [0.4, 0.5) is 8.78 Å². The van der Waals surface area contributed by atoms with Crippen molar-refractivity contribution in [1.82, 2.24) is 5.32 Å². The molecule has 11 heteroatoms. The van der Waals surface area contributed by atoms with Gasteiger partial charge in [-0.2, -0.15) is 5.26 Å². The minimum atomic E-state index is -1.80. The van der Waals surface area contributed by atoms with Gasteiger partial charge in [0.25, 0.3) is 0 Å². The van der Waals surface area contributed by atoms with Crippen LogP contribution < -0.4 is 11.1 Å². The second-order valence-corrected chi connectivity index (χ2v) is 11.5. The Hall–Kier alpha value is -2.77. The maximum absolute atomic E-state index is 15.5. The summed E-state index contributed by atoms with van der Waals surface area (Å²) >= 11 is 12.1. The Morgan fingerprint density at radius 2 is 1.92 bits per heavy atom. The number of amides is 1. The summed E-state index contributed by atoms with van der Waals surface area (Å²) in [6.45, 7) is 5.21. The molecule has 2 aromatic rings. The van der Waals surface area contributed by atoms with Gasteiger partial charge in [-0.05, 0) is 41.7 Å². The van der Waals surface area contributed by atoms with Crippen molar-refractivity contribution in [2.75, 3.05) is 6.61 Å². The standard InChI is InChI=1S/C27H29Cl2F2N3O4/c1-26(2,3)11-21-27(13-32,17-9-20(31)18(29)10-19(17)30)23(14-5-4-6-15(28)7-14)24(34-21)25(37)38-12-16(35)8-22(33)36/h4-7,9-10,16,21,23-24,34-35H,8,11-12H2,1-3H3,(H2,33,36)/t16-,21-,23-,24+,27-/m0/s1. The van der Waals surface area contributed by atoms with Gasteiger partial charge in [0, 0.05) is 22.5 Å². The number of benzene rings is 2. The molecule has 0 bridgehead atoms. The summed E-state index contributed by atoms with van der Waals surface area (Å²) in [7, 11) is 0. The average molecular weight is 568 g/mol. The molecule has 204 valence electrons. The van der Waals surface area contributed by atoms with Gasteiger partial charge < -0.3 is 15.6 Å². The fourth-order valence-electron chi connectivity index (χ4n) is 5.08. The number of hydrogen-bond donors (Lipinski definition) is 3. The Morgan fingerprint density at radius 1 is 1.24 bits per heavy atom. The van der Waals surface area contributed by atoms with Crippen LogP contribution in [0.5, 0.6) is 0 Å². The van der Waals surface area contributed by atoms with Crippen LogP contribution in [0.15, 0.2) is 36.4 Å². The summed E-state index contributed by atoms with van der Waals surface area (Å²) < 4.78 is 35.6. The summed E-state index contributed by atoms with van der Waals surface area (Å²) in [6, 6.07) is 8.25. The maximum atomic E-state index is 15.5. The lowest BCUT2D eigenvalue weighted by atomic mass is 9.63. The van der Waals surface area contributed by atoms with Crippen molar-refractivity contribution in [1.29, 1.82) is 5.26 Å². The molecule has 1 heterocycles. The van der Waals surface area contributed by atoms with E-state index in [-0.39, 0.29) is 12.0 Å². The molecule has 5 atom stereocenters. The molecule has 0 spiro atoms. The SMILES string of the molecule is CC(C)(C)C[C@@H]1N[C@@H](C(=O)OC[C@@H](O)CC(N)=O)[C@H](c2cccc(Cl)c2)[C@@]1(C#N)c1cc(F)c(Cl)cc1F. The second kappa shape index (κ2) is 11.5. The highest BCUT2D eigenvalue weighted by Crippen LogP contribution is 2.52. The predicted molar refractivity (Wildman–Crippen MR) is 138 cm³/mol. The number of primary amides is 1. The lowest BCUT2D eigenvalue weighted by Crippen LogP contribution is -2.44.